The van der Waals surface area contributed by atoms with E-state index in [1.807, 2.05) is 54.7 Å². The molecule has 28 heavy (non-hydrogen) atoms. The van der Waals surface area contributed by atoms with Gasteiger partial charge in [0.05, 0.1) is 11.2 Å². The van der Waals surface area contributed by atoms with Crippen LogP contribution in [0.4, 0.5) is 5.69 Å². The molecular weight excluding hydrogens is 350 g/mol. The van der Waals surface area contributed by atoms with Gasteiger partial charge in [0, 0.05) is 43.2 Å². The van der Waals surface area contributed by atoms with Gasteiger partial charge in [-0.3, -0.25) is 4.98 Å². The Hall–Kier alpha value is -2.92. The van der Waals surface area contributed by atoms with E-state index >= 15 is 0 Å². The van der Waals surface area contributed by atoms with Crippen molar-refractivity contribution in [3.05, 3.63) is 54.7 Å². The molecular formula is C23H25N3O2. The monoisotopic (exact) mass is 375 g/mol. The number of benzene rings is 2. The number of carbonyl (C=O) groups excluding carboxylic acids is 1. The van der Waals surface area contributed by atoms with Crippen LogP contribution in [0.2, 0.25) is 0 Å². The number of hydrogen-bond donors (Lipinski definition) is 1. The van der Waals surface area contributed by atoms with Gasteiger partial charge in [-0.25, -0.2) is 0 Å². The molecule has 2 aromatic carbocycles. The number of nitrogens with zero attached hydrogens (tertiary/aromatic N) is 2. The maximum atomic E-state index is 10.5. The lowest BCUT2D eigenvalue weighted by Gasteiger charge is -2.31. The number of para-hydroxylation sites is 1. The van der Waals surface area contributed by atoms with Crippen molar-refractivity contribution in [2.75, 3.05) is 25.4 Å². The van der Waals surface area contributed by atoms with E-state index in [1.165, 1.54) is 0 Å². The van der Waals surface area contributed by atoms with Crippen LogP contribution >= 0.6 is 0 Å². The number of rotatable bonds is 6. The van der Waals surface area contributed by atoms with Crippen molar-refractivity contribution in [3.63, 3.8) is 0 Å². The van der Waals surface area contributed by atoms with Crippen molar-refractivity contribution < 1.29 is 9.53 Å². The Morgan fingerprint density at radius 2 is 1.86 bits per heavy atom. The lowest BCUT2D eigenvalue weighted by Crippen LogP contribution is -2.38. The number of nitrogens with two attached hydrogens (primary N) is 1. The van der Waals surface area contributed by atoms with E-state index in [1.54, 1.807) is 0 Å². The number of ether oxygens (including phenoxy) is 1. The first-order valence-electron chi connectivity index (χ1n) is 9.81. The second-order valence-corrected chi connectivity index (χ2v) is 7.24. The molecule has 0 bridgehead atoms. The molecule has 0 unspecified atom stereocenters. The van der Waals surface area contributed by atoms with Gasteiger partial charge in [-0.2, -0.15) is 0 Å². The first-order valence-corrected chi connectivity index (χ1v) is 9.81. The standard InChI is InChI=1S/C23H25N3O2/c24-23-20-4-1-2-5-22(20)25-16-21(23)17-6-8-18(9-7-17)28-19-10-13-26(14-11-19)12-3-15-27/h1-2,4-9,15-16,19H,3,10-14H2,(H2,24,25). The molecule has 0 aliphatic carbocycles. The molecule has 0 atom stereocenters. The van der Waals surface area contributed by atoms with Crippen LogP contribution in [0.3, 0.4) is 0 Å². The van der Waals surface area contributed by atoms with Gasteiger partial charge >= 0.3 is 0 Å². The summed E-state index contributed by atoms with van der Waals surface area (Å²) in [6.07, 6.45) is 5.64. The van der Waals surface area contributed by atoms with Crippen LogP contribution in [-0.2, 0) is 4.79 Å². The zero-order valence-corrected chi connectivity index (χ0v) is 15.9. The number of piperidine rings is 1. The summed E-state index contributed by atoms with van der Waals surface area (Å²) in [5, 5.41) is 0.974. The van der Waals surface area contributed by atoms with Gasteiger partial charge in [-0.1, -0.05) is 30.3 Å². The first-order chi connectivity index (χ1) is 13.7. The Morgan fingerprint density at radius 3 is 2.61 bits per heavy atom. The van der Waals surface area contributed by atoms with Crippen molar-refractivity contribution in [2.45, 2.75) is 25.4 Å². The Labute approximate surface area is 165 Å². The molecule has 0 spiro atoms. The van der Waals surface area contributed by atoms with E-state index in [0.29, 0.717) is 6.42 Å². The first kappa shape index (κ1) is 18.4. The Morgan fingerprint density at radius 1 is 1.11 bits per heavy atom. The molecule has 1 aromatic heterocycles. The smallest absolute Gasteiger partial charge is 0.121 e. The van der Waals surface area contributed by atoms with E-state index in [9.17, 15) is 4.79 Å². The number of likely N-dealkylation sites (tertiary alicyclic amines) is 1. The van der Waals surface area contributed by atoms with Gasteiger partial charge in [-0.15, -0.1) is 0 Å². The quantitative estimate of drug-likeness (QED) is 0.662. The van der Waals surface area contributed by atoms with Gasteiger partial charge in [0.1, 0.15) is 18.1 Å². The third-order valence-electron chi connectivity index (χ3n) is 5.38. The molecule has 2 N–H and O–H groups in total. The Balaban J connectivity index is 1.42. The summed E-state index contributed by atoms with van der Waals surface area (Å²) in [7, 11) is 0. The van der Waals surface area contributed by atoms with Crippen LogP contribution in [0.25, 0.3) is 22.0 Å². The summed E-state index contributed by atoms with van der Waals surface area (Å²) >= 11 is 0. The number of anilines is 1. The molecule has 1 saturated heterocycles. The second-order valence-electron chi connectivity index (χ2n) is 7.24. The fourth-order valence-corrected chi connectivity index (χ4v) is 3.78. The van der Waals surface area contributed by atoms with Crippen LogP contribution < -0.4 is 10.5 Å². The van der Waals surface area contributed by atoms with Gasteiger partial charge < -0.3 is 20.2 Å². The summed E-state index contributed by atoms with van der Waals surface area (Å²) in [5.41, 5.74) is 10.0. The summed E-state index contributed by atoms with van der Waals surface area (Å²) < 4.78 is 6.16. The Bertz CT molecular complexity index is 948. The molecule has 5 nitrogen and oxygen atoms in total. The highest BCUT2D eigenvalue weighted by atomic mass is 16.5. The minimum Gasteiger partial charge on any atom is -0.490 e. The molecule has 1 fully saturated rings. The minimum absolute atomic E-state index is 0.228. The summed E-state index contributed by atoms with van der Waals surface area (Å²) in [5.74, 6) is 0.877. The van der Waals surface area contributed by atoms with Gasteiger partial charge in [0.2, 0.25) is 0 Å². The average molecular weight is 375 g/mol. The third kappa shape index (κ3) is 3.99. The van der Waals surface area contributed by atoms with Crippen LogP contribution in [0.15, 0.2) is 54.7 Å². The van der Waals surface area contributed by atoms with E-state index in [2.05, 4.69) is 9.88 Å². The molecule has 1 aliphatic rings. The third-order valence-corrected chi connectivity index (χ3v) is 5.38. The largest absolute Gasteiger partial charge is 0.490 e. The van der Waals surface area contributed by atoms with Crippen LogP contribution in [0, 0.1) is 0 Å². The van der Waals surface area contributed by atoms with Gasteiger partial charge in [-0.05, 0) is 36.6 Å². The molecule has 5 heteroatoms. The number of nitrogen functional groups attached to an aromatic ring is 1. The maximum Gasteiger partial charge on any atom is 0.121 e. The van der Waals surface area contributed by atoms with Crippen molar-refractivity contribution in [1.82, 2.24) is 9.88 Å². The normalized spacial score (nSPS) is 15.6. The van der Waals surface area contributed by atoms with Crippen molar-refractivity contribution >= 4 is 22.9 Å². The highest BCUT2D eigenvalue weighted by molar-refractivity contribution is 5.97. The number of pyridine rings is 1. The van der Waals surface area contributed by atoms with Crippen molar-refractivity contribution in [1.29, 1.82) is 0 Å². The lowest BCUT2D eigenvalue weighted by atomic mass is 10.0. The number of fused-ring (bicyclic) bond motifs is 1. The van der Waals surface area contributed by atoms with E-state index in [-0.39, 0.29) is 6.10 Å². The lowest BCUT2D eigenvalue weighted by molar-refractivity contribution is -0.108. The van der Waals surface area contributed by atoms with Gasteiger partial charge in [0.15, 0.2) is 0 Å². The number of carbonyl (C=O) groups is 1. The molecule has 0 radical (unpaired) electrons. The van der Waals surface area contributed by atoms with Crippen molar-refractivity contribution in [3.8, 4) is 16.9 Å². The van der Waals surface area contributed by atoms with E-state index in [4.69, 9.17) is 10.5 Å². The molecule has 144 valence electrons. The summed E-state index contributed by atoms with van der Waals surface area (Å²) in [6.45, 7) is 2.82. The number of aromatic nitrogens is 1. The zero-order valence-electron chi connectivity index (χ0n) is 15.9. The number of hydrogen-bond acceptors (Lipinski definition) is 5. The molecule has 0 amide bonds. The van der Waals surface area contributed by atoms with Crippen LogP contribution in [-0.4, -0.2) is 41.9 Å². The average Bonchev–Trinajstić information content (AvgIpc) is 2.74. The highest BCUT2D eigenvalue weighted by Crippen LogP contribution is 2.32. The van der Waals surface area contributed by atoms with Crippen LogP contribution in [0.1, 0.15) is 19.3 Å². The molecule has 1 aliphatic heterocycles. The van der Waals surface area contributed by atoms with E-state index in [0.717, 1.165) is 72.2 Å². The summed E-state index contributed by atoms with van der Waals surface area (Å²) in [4.78, 5) is 17.4. The van der Waals surface area contributed by atoms with Crippen LogP contribution in [0.5, 0.6) is 5.75 Å². The fraction of sp³-hybridized carbons (Fsp3) is 0.304. The maximum absolute atomic E-state index is 10.5. The van der Waals surface area contributed by atoms with E-state index < -0.39 is 0 Å². The minimum atomic E-state index is 0.228. The topological polar surface area (TPSA) is 68.5 Å². The van der Waals surface area contributed by atoms with Gasteiger partial charge in [0.25, 0.3) is 0 Å². The number of aldehydes is 1. The highest BCUT2D eigenvalue weighted by Gasteiger charge is 2.20. The molecule has 2 heterocycles. The second kappa shape index (κ2) is 8.40. The SMILES string of the molecule is Nc1c(-c2ccc(OC3CCN(CCC=O)CC3)cc2)cnc2ccccc12. The summed E-state index contributed by atoms with van der Waals surface area (Å²) in [6, 6.07) is 16.0. The zero-order chi connectivity index (χ0) is 19.3. The molecule has 3 aromatic rings. The molecule has 4 rings (SSSR count). The Kier molecular flexibility index (Phi) is 5.53. The fourth-order valence-electron chi connectivity index (χ4n) is 3.78. The predicted octanol–water partition coefficient (Wildman–Crippen LogP) is 3.92. The van der Waals surface area contributed by atoms with Crippen molar-refractivity contribution in [2.24, 2.45) is 0 Å². The molecule has 0 saturated carbocycles. The predicted molar refractivity (Wildman–Crippen MR) is 112 cm³/mol.